The molecule has 0 fully saturated rings. The average Bonchev–Trinajstić information content (AvgIpc) is 3.36. The predicted octanol–water partition coefficient (Wildman–Crippen LogP) is 4.49. The number of esters is 1. The largest absolute Gasteiger partial charge is 0.451 e. The molecular formula is C24H20N4O3. The van der Waals surface area contributed by atoms with Crippen molar-refractivity contribution in [1.82, 2.24) is 14.8 Å². The standard InChI is InChI=1S/C24H20N4O3/c1-2-28-20-10-6-4-7-16(20)18-13-15(11-12-21(18)28)25-22(29)14-31-24(30)23-17-8-3-5-9-19(17)26-27-23/h3-13H,2,14H2,1H3,(H,25,29)(H,26,27). The SMILES string of the molecule is CCn1c2ccccc2c2cc(NC(=O)COC(=O)c3n[nH]c4ccccc34)ccc21. The molecule has 0 bridgehead atoms. The monoisotopic (exact) mass is 412 g/mol. The molecule has 0 unspecified atom stereocenters. The number of benzene rings is 3. The maximum absolute atomic E-state index is 12.4. The molecule has 0 aliphatic heterocycles. The third kappa shape index (κ3) is 3.30. The van der Waals surface area contributed by atoms with Crippen molar-refractivity contribution in [2.75, 3.05) is 11.9 Å². The van der Waals surface area contributed by atoms with Gasteiger partial charge in [0.25, 0.3) is 5.91 Å². The number of nitrogens with one attached hydrogen (secondary N) is 2. The first kappa shape index (κ1) is 18.9. The lowest BCUT2D eigenvalue weighted by Crippen LogP contribution is -2.21. The third-order valence-corrected chi connectivity index (χ3v) is 5.37. The minimum absolute atomic E-state index is 0.164. The minimum atomic E-state index is -0.644. The lowest BCUT2D eigenvalue weighted by molar-refractivity contribution is -0.119. The number of fused-ring (bicyclic) bond motifs is 4. The predicted molar refractivity (Wildman–Crippen MR) is 120 cm³/mol. The molecule has 2 heterocycles. The van der Waals surface area contributed by atoms with E-state index in [1.165, 1.54) is 0 Å². The van der Waals surface area contributed by atoms with Gasteiger partial charge in [0.1, 0.15) is 0 Å². The smallest absolute Gasteiger partial charge is 0.359 e. The summed E-state index contributed by atoms with van der Waals surface area (Å²) in [7, 11) is 0. The average molecular weight is 412 g/mol. The molecule has 0 saturated carbocycles. The van der Waals surface area contributed by atoms with E-state index in [0.29, 0.717) is 11.1 Å². The lowest BCUT2D eigenvalue weighted by Gasteiger charge is -2.07. The van der Waals surface area contributed by atoms with E-state index in [9.17, 15) is 9.59 Å². The number of hydrogen-bond acceptors (Lipinski definition) is 4. The molecule has 0 atom stereocenters. The van der Waals surface area contributed by atoms with Crippen LogP contribution in [0.25, 0.3) is 32.7 Å². The Morgan fingerprint density at radius 3 is 2.55 bits per heavy atom. The van der Waals surface area contributed by atoms with Crippen LogP contribution in [0.3, 0.4) is 0 Å². The Kier molecular flexibility index (Phi) is 4.63. The van der Waals surface area contributed by atoms with Gasteiger partial charge >= 0.3 is 5.97 Å². The van der Waals surface area contributed by atoms with Gasteiger partial charge in [-0.05, 0) is 37.3 Å². The summed E-state index contributed by atoms with van der Waals surface area (Å²) in [5, 5.41) is 12.4. The van der Waals surface area contributed by atoms with Gasteiger partial charge in [-0.3, -0.25) is 9.89 Å². The van der Waals surface area contributed by atoms with E-state index >= 15 is 0 Å². The summed E-state index contributed by atoms with van der Waals surface area (Å²) in [5.41, 5.74) is 3.82. The van der Waals surface area contributed by atoms with Crippen molar-refractivity contribution in [2.24, 2.45) is 0 Å². The van der Waals surface area contributed by atoms with E-state index in [4.69, 9.17) is 4.74 Å². The van der Waals surface area contributed by atoms with E-state index < -0.39 is 18.5 Å². The number of anilines is 1. The lowest BCUT2D eigenvalue weighted by atomic mass is 10.1. The van der Waals surface area contributed by atoms with Crippen molar-refractivity contribution in [3.8, 4) is 0 Å². The van der Waals surface area contributed by atoms with Crippen LogP contribution in [0.2, 0.25) is 0 Å². The first-order chi connectivity index (χ1) is 15.2. The molecule has 0 radical (unpaired) electrons. The van der Waals surface area contributed by atoms with Crippen LogP contribution in [0.15, 0.2) is 66.7 Å². The topological polar surface area (TPSA) is 89.0 Å². The molecule has 0 saturated heterocycles. The molecule has 5 aromatic rings. The molecule has 0 spiro atoms. The van der Waals surface area contributed by atoms with Gasteiger partial charge in [0.05, 0.1) is 5.52 Å². The van der Waals surface area contributed by atoms with Gasteiger partial charge < -0.3 is 14.6 Å². The summed E-state index contributed by atoms with van der Waals surface area (Å²) in [6, 6.07) is 21.2. The maximum atomic E-state index is 12.4. The molecule has 5 rings (SSSR count). The Bertz CT molecular complexity index is 1450. The number of ether oxygens (including phenoxy) is 1. The second kappa shape index (κ2) is 7.60. The highest BCUT2D eigenvalue weighted by molar-refractivity contribution is 6.10. The molecular weight excluding hydrogens is 392 g/mol. The summed E-state index contributed by atoms with van der Waals surface area (Å²) < 4.78 is 7.41. The fraction of sp³-hybridized carbons (Fsp3) is 0.125. The van der Waals surface area contributed by atoms with Crippen molar-refractivity contribution in [3.05, 3.63) is 72.4 Å². The molecule has 7 heteroatoms. The highest BCUT2D eigenvalue weighted by Gasteiger charge is 2.17. The summed E-state index contributed by atoms with van der Waals surface area (Å²) in [5.74, 6) is -1.05. The molecule has 2 N–H and O–H groups in total. The number of aryl methyl sites for hydroxylation is 1. The van der Waals surface area contributed by atoms with Crippen LogP contribution in [-0.4, -0.2) is 33.2 Å². The van der Waals surface area contributed by atoms with E-state index in [1.54, 1.807) is 6.07 Å². The third-order valence-electron chi connectivity index (χ3n) is 5.37. The second-order valence-electron chi connectivity index (χ2n) is 7.24. The van der Waals surface area contributed by atoms with E-state index in [1.807, 2.05) is 48.5 Å². The second-order valence-corrected chi connectivity index (χ2v) is 7.24. The zero-order valence-corrected chi connectivity index (χ0v) is 16.9. The zero-order valence-electron chi connectivity index (χ0n) is 16.9. The number of rotatable bonds is 5. The highest BCUT2D eigenvalue weighted by Crippen LogP contribution is 2.31. The van der Waals surface area contributed by atoms with Gasteiger partial charge in [-0.15, -0.1) is 0 Å². The van der Waals surface area contributed by atoms with Crippen LogP contribution < -0.4 is 5.32 Å². The van der Waals surface area contributed by atoms with E-state index in [2.05, 4.69) is 39.1 Å². The quantitative estimate of drug-likeness (QED) is 0.417. The number of para-hydroxylation sites is 2. The summed E-state index contributed by atoms with van der Waals surface area (Å²) in [6.07, 6.45) is 0. The molecule has 154 valence electrons. The number of amides is 1. The number of carbonyl (C=O) groups excluding carboxylic acids is 2. The fourth-order valence-corrected chi connectivity index (χ4v) is 3.99. The first-order valence-corrected chi connectivity index (χ1v) is 10.1. The van der Waals surface area contributed by atoms with E-state index in [0.717, 1.165) is 33.9 Å². The van der Waals surface area contributed by atoms with Gasteiger partial charge in [-0.25, -0.2) is 4.79 Å². The molecule has 0 aliphatic carbocycles. The Morgan fingerprint density at radius 1 is 0.968 bits per heavy atom. The van der Waals surface area contributed by atoms with Crippen LogP contribution in [0.4, 0.5) is 5.69 Å². The van der Waals surface area contributed by atoms with Crippen molar-refractivity contribution < 1.29 is 14.3 Å². The Hall–Kier alpha value is -4.13. The summed E-state index contributed by atoms with van der Waals surface area (Å²) in [4.78, 5) is 24.7. The van der Waals surface area contributed by atoms with Crippen LogP contribution in [0.5, 0.6) is 0 Å². The highest BCUT2D eigenvalue weighted by atomic mass is 16.5. The van der Waals surface area contributed by atoms with Crippen molar-refractivity contribution in [1.29, 1.82) is 0 Å². The van der Waals surface area contributed by atoms with Crippen LogP contribution in [0, 0.1) is 0 Å². The fourth-order valence-electron chi connectivity index (χ4n) is 3.99. The molecule has 3 aromatic carbocycles. The van der Waals surface area contributed by atoms with Crippen LogP contribution in [0.1, 0.15) is 17.4 Å². The van der Waals surface area contributed by atoms with Gasteiger partial charge in [-0.2, -0.15) is 5.10 Å². The van der Waals surface area contributed by atoms with Crippen molar-refractivity contribution in [3.63, 3.8) is 0 Å². The van der Waals surface area contributed by atoms with Crippen molar-refractivity contribution >= 4 is 50.3 Å². The zero-order chi connectivity index (χ0) is 21.4. The Labute approximate surface area is 177 Å². The molecule has 0 aliphatic rings. The van der Waals surface area contributed by atoms with Gasteiger partial charge in [-0.1, -0.05) is 36.4 Å². The minimum Gasteiger partial charge on any atom is -0.451 e. The number of aromatic nitrogens is 3. The molecule has 2 aromatic heterocycles. The number of H-pyrrole nitrogens is 1. The van der Waals surface area contributed by atoms with E-state index in [-0.39, 0.29) is 5.69 Å². The van der Waals surface area contributed by atoms with Gasteiger partial charge in [0.2, 0.25) is 0 Å². The Balaban J connectivity index is 1.32. The number of aromatic amines is 1. The van der Waals surface area contributed by atoms with Gasteiger partial charge in [0, 0.05) is 39.4 Å². The first-order valence-electron chi connectivity index (χ1n) is 10.1. The normalized spacial score (nSPS) is 11.3. The summed E-state index contributed by atoms with van der Waals surface area (Å²) >= 11 is 0. The number of carbonyl (C=O) groups is 2. The summed E-state index contributed by atoms with van der Waals surface area (Å²) in [6.45, 7) is 2.57. The molecule has 1 amide bonds. The molecule has 7 nitrogen and oxygen atoms in total. The van der Waals surface area contributed by atoms with Gasteiger partial charge in [0.15, 0.2) is 12.3 Å². The van der Waals surface area contributed by atoms with Crippen LogP contribution >= 0.6 is 0 Å². The number of nitrogens with zero attached hydrogens (tertiary/aromatic N) is 2. The van der Waals surface area contributed by atoms with Crippen molar-refractivity contribution in [2.45, 2.75) is 13.5 Å². The molecule has 31 heavy (non-hydrogen) atoms. The maximum Gasteiger partial charge on any atom is 0.359 e. The number of hydrogen-bond donors (Lipinski definition) is 2. The van der Waals surface area contributed by atoms with Crippen LogP contribution in [-0.2, 0) is 16.1 Å². The Morgan fingerprint density at radius 2 is 1.71 bits per heavy atom.